The SMILES string of the molecule is CCCN(CC1CC1)c1ccc(F)cc1C(=N)N. The van der Waals surface area contributed by atoms with Crippen LogP contribution in [0.4, 0.5) is 10.1 Å². The van der Waals surface area contributed by atoms with Gasteiger partial charge < -0.3 is 10.6 Å². The maximum atomic E-state index is 13.3. The Morgan fingerprint density at radius 3 is 2.78 bits per heavy atom. The van der Waals surface area contributed by atoms with E-state index in [0.29, 0.717) is 5.56 Å². The van der Waals surface area contributed by atoms with Crippen molar-refractivity contribution in [3.63, 3.8) is 0 Å². The van der Waals surface area contributed by atoms with E-state index in [0.717, 1.165) is 31.1 Å². The molecule has 0 radical (unpaired) electrons. The predicted octanol–water partition coefficient (Wildman–Crippen LogP) is 2.74. The van der Waals surface area contributed by atoms with Gasteiger partial charge in [-0.05, 0) is 43.4 Å². The van der Waals surface area contributed by atoms with Crippen molar-refractivity contribution in [2.24, 2.45) is 11.7 Å². The number of halogens is 1. The smallest absolute Gasteiger partial charge is 0.125 e. The summed E-state index contributed by atoms with van der Waals surface area (Å²) in [5.41, 5.74) is 6.94. The molecule has 2 rings (SSSR count). The van der Waals surface area contributed by atoms with Crippen LogP contribution in [0.2, 0.25) is 0 Å². The maximum absolute atomic E-state index is 13.3. The lowest BCUT2D eigenvalue weighted by atomic mass is 10.1. The van der Waals surface area contributed by atoms with Crippen molar-refractivity contribution < 1.29 is 4.39 Å². The number of benzene rings is 1. The van der Waals surface area contributed by atoms with Crippen LogP contribution in [-0.2, 0) is 0 Å². The Bertz CT molecular complexity index is 441. The molecule has 1 aliphatic carbocycles. The Hall–Kier alpha value is -1.58. The predicted molar refractivity (Wildman–Crippen MR) is 72.6 cm³/mol. The molecular weight excluding hydrogens is 229 g/mol. The van der Waals surface area contributed by atoms with Gasteiger partial charge in [-0.3, -0.25) is 5.41 Å². The molecule has 1 fully saturated rings. The Labute approximate surface area is 107 Å². The van der Waals surface area contributed by atoms with Crippen molar-refractivity contribution in [1.29, 1.82) is 5.41 Å². The number of nitrogens with two attached hydrogens (primary N) is 1. The normalized spacial score (nSPS) is 14.6. The Kier molecular flexibility index (Phi) is 3.84. The van der Waals surface area contributed by atoms with Crippen LogP contribution in [0.1, 0.15) is 31.7 Å². The zero-order chi connectivity index (χ0) is 13.1. The van der Waals surface area contributed by atoms with Gasteiger partial charge in [0, 0.05) is 24.3 Å². The van der Waals surface area contributed by atoms with E-state index in [2.05, 4.69) is 11.8 Å². The van der Waals surface area contributed by atoms with E-state index in [1.165, 1.54) is 25.0 Å². The summed E-state index contributed by atoms with van der Waals surface area (Å²) in [5.74, 6) is 0.342. The van der Waals surface area contributed by atoms with Crippen LogP contribution >= 0.6 is 0 Å². The van der Waals surface area contributed by atoms with Crippen molar-refractivity contribution in [2.45, 2.75) is 26.2 Å². The fourth-order valence-electron chi connectivity index (χ4n) is 2.19. The van der Waals surface area contributed by atoms with Gasteiger partial charge in [-0.2, -0.15) is 0 Å². The van der Waals surface area contributed by atoms with Gasteiger partial charge in [0.1, 0.15) is 11.7 Å². The number of nitrogens with one attached hydrogen (secondary N) is 1. The van der Waals surface area contributed by atoms with E-state index in [1.807, 2.05) is 0 Å². The molecule has 3 nitrogen and oxygen atoms in total. The van der Waals surface area contributed by atoms with Crippen LogP contribution < -0.4 is 10.6 Å². The lowest BCUT2D eigenvalue weighted by Gasteiger charge is -2.26. The minimum Gasteiger partial charge on any atom is -0.384 e. The molecule has 1 aromatic carbocycles. The quantitative estimate of drug-likeness (QED) is 0.601. The molecule has 0 aromatic heterocycles. The van der Waals surface area contributed by atoms with Crippen LogP contribution in [0.15, 0.2) is 18.2 Å². The van der Waals surface area contributed by atoms with Crippen LogP contribution in [0.5, 0.6) is 0 Å². The number of anilines is 1. The van der Waals surface area contributed by atoms with E-state index in [1.54, 1.807) is 6.07 Å². The highest BCUT2D eigenvalue weighted by Crippen LogP contribution is 2.32. The fraction of sp³-hybridized carbons (Fsp3) is 0.500. The second-order valence-electron chi connectivity index (χ2n) is 4.96. The van der Waals surface area contributed by atoms with Gasteiger partial charge in [0.15, 0.2) is 0 Å². The summed E-state index contributed by atoms with van der Waals surface area (Å²) in [7, 11) is 0. The Morgan fingerprint density at radius 2 is 2.22 bits per heavy atom. The second-order valence-corrected chi connectivity index (χ2v) is 4.96. The van der Waals surface area contributed by atoms with E-state index in [-0.39, 0.29) is 11.7 Å². The molecular formula is C14H20FN3. The van der Waals surface area contributed by atoms with Crippen molar-refractivity contribution in [3.8, 4) is 0 Å². The second kappa shape index (κ2) is 5.38. The molecule has 0 unspecified atom stereocenters. The summed E-state index contributed by atoms with van der Waals surface area (Å²) in [6.07, 6.45) is 3.58. The molecule has 1 saturated carbocycles. The molecule has 3 N–H and O–H groups in total. The first-order valence-electron chi connectivity index (χ1n) is 6.50. The summed E-state index contributed by atoms with van der Waals surface area (Å²) in [5, 5.41) is 7.58. The average molecular weight is 249 g/mol. The van der Waals surface area contributed by atoms with Gasteiger partial charge >= 0.3 is 0 Å². The third-order valence-electron chi connectivity index (χ3n) is 3.26. The summed E-state index contributed by atoms with van der Waals surface area (Å²) in [6, 6.07) is 4.54. The van der Waals surface area contributed by atoms with Gasteiger partial charge in [-0.1, -0.05) is 6.92 Å². The van der Waals surface area contributed by atoms with Crippen LogP contribution in [0.25, 0.3) is 0 Å². The van der Waals surface area contributed by atoms with Gasteiger partial charge in [0.25, 0.3) is 0 Å². The monoisotopic (exact) mass is 249 g/mol. The summed E-state index contributed by atoms with van der Waals surface area (Å²) < 4.78 is 13.3. The first-order valence-corrected chi connectivity index (χ1v) is 6.50. The number of amidine groups is 1. The number of nitrogens with zero attached hydrogens (tertiary/aromatic N) is 1. The maximum Gasteiger partial charge on any atom is 0.125 e. The molecule has 0 aliphatic heterocycles. The highest BCUT2D eigenvalue weighted by atomic mass is 19.1. The number of rotatable bonds is 6. The van der Waals surface area contributed by atoms with E-state index in [4.69, 9.17) is 11.1 Å². The van der Waals surface area contributed by atoms with E-state index < -0.39 is 0 Å². The number of hydrogen-bond donors (Lipinski definition) is 2. The molecule has 0 saturated heterocycles. The van der Waals surface area contributed by atoms with Crippen LogP contribution in [0, 0.1) is 17.1 Å². The molecule has 4 heteroatoms. The lowest BCUT2D eigenvalue weighted by molar-refractivity contribution is 0.626. The number of nitrogen functional groups attached to an aromatic ring is 1. The fourth-order valence-corrected chi connectivity index (χ4v) is 2.19. The molecule has 0 atom stereocenters. The van der Waals surface area contributed by atoms with Crippen LogP contribution in [-0.4, -0.2) is 18.9 Å². The summed E-state index contributed by atoms with van der Waals surface area (Å²) in [4.78, 5) is 2.23. The Balaban J connectivity index is 2.29. The van der Waals surface area contributed by atoms with Crippen LogP contribution in [0.3, 0.4) is 0 Å². The topological polar surface area (TPSA) is 53.1 Å². The third kappa shape index (κ3) is 3.00. The standard InChI is InChI=1S/C14H20FN3/c1-2-7-18(9-10-3-4-10)13-6-5-11(15)8-12(13)14(16)17/h5-6,8,10H,2-4,7,9H2,1H3,(H3,16,17). The van der Waals surface area contributed by atoms with Gasteiger partial charge in [-0.15, -0.1) is 0 Å². The first kappa shape index (κ1) is 12.9. The zero-order valence-corrected chi connectivity index (χ0v) is 10.7. The Morgan fingerprint density at radius 1 is 1.50 bits per heavy atom. The van der Waals surface area contributed by atoms with E-state index in [9.17, 15) is 4.39 Å². The third-order valence-corrected chi connectivity index (χ3v) is 3.26. The van der Waals surface area contributed by atoms with Crippen molar-refractivity contribution in [2.75, 3.05) is 18.0 Å². The highest BCUT2D eigenvalue weighted by Gasteiger charge is 2.25. The van der Waals surface area contributed by atoms with Crippen molar-refractivity contribution in [3.05, 3.63) is 29.6 Å². The van der Waals surface area contributed by atoms with Gasteiger partial charge in [0.05, 0.1) is 0 Å². The van der Waals surface area contributed by atoms with Crippen molar-refractivity contribution in [1.82, 2.24) is 0 Å². The van der Waals surface area contributed by atoms with Gasteiger partial charge in [-0.25, -0.2) is 4.39 Å². The molecule has 98 valence electrons. The summed E-state index contributed by atoms with van der Waals surface area (Å²) >= 11 is 0. The minimum absolute atomic E-state index is 0.0681. The molecule has 1 aromatic rings. The first-order chi connectivity index (χ1) is 8.61. The van der Waals surface area contributed by atoms with Gasteiger partial charge in [0.2, 0.25) is 0 Å². The molecule has 18 heavy (non-hydrogen) atoms. The zero-order valence-electron chi connectivity index (χ0n) is 10.7. The minimum atomic E-state index is -0.341. The molecule has 0 heterocycles. The average Bonchev–Trinajstić information content (AvgIpc) is 3.12. The van der Waals surface area contributed by atoms with Crippen molar-refractivity contribution >= 4 is 11.5 Å². The molecule has 1 aliphatic rings. The lowest BCUT2D eigenvalue weighted by Crippen LogP contribution is -2.29. The molecule has 0 amide bonds. The molecule has 0 bridgehead atoms. The summed E-state index contributed by atoms with van der Waals surface area (Å²) in [6.45, 7) is 4.03. The molecule has 0 spiro atoms. The highest BCUT2D eigenvalue weighted by molar-refractivity contribution is 6.00. The largest absolute Gasteiger partial charge is 0.384 e. The van der Waals surface area contributed by atoms with E-state index >= 15 is 0 Å². The number of hydrogen-bond acceptors (Lipinski definition) is 2.